The molecule has 0 saturated carbocycles. The van der Waals surface area contributed by atoms with Crippen molar-refractivity contribution < 1.29 is 19.4 Å². The molecule has 7 nitrogen and oxygen atoms in total. The van der Waals surface area contributed by atoms with Crippen molar-refractivity contribution in [3.8, 4) is 0 Å². The zero-order chi connectivity index (χ0) is 15.0. The third-order valence-electron chi connectivity index (χ3n) is 4.15. The lowest BCUT2D eigenvalue weighted by atomic mass is 9.95. The minimum atomic E-state index is -1.03. The van der Waals surface area contributed by atoms with Gasteiger partial charge >= 0.3 is 5.97 Å². The largest absolute Gasteiger partial charge is 0.479 e. The van der Waals surface area contributed by atoms with Gasteiger partial charge in [-0.2, -0.15) is 5.10 Å². The standard InChI is InChI=1S/C14H19N3O4/c1-16-12(9-4-2-3-5-10(9)15-16)13(18)17-6-7-21-11(8-17)14(19)20/h11H,2-8H2,1H3,(H,19,20). The van der Waals surface area contributed by atoms with Gasteiger partial charge in [0.05, 0.1) is 18.8 Å². The maximum Gasteiger partial charge on any atom is 0.334 e. The quantitative estimate of drug-likeness (QED) is 0.843. The van der Waals surface area contributed by atoms with E-state index in [0.29, 0.717) is 12.2 Å². The molecule has 1 aromatic rings. The molecule has 1 aliphatic carbocycles. The number of nitrogens with zero attached hydrogens (tertiary/aromatic N) is 3. The lowest BCUT2D eigenvalue weighted by Gasteiger charge is -2.31. The van der Waals surface area contributed by atoms with Crippen LogP contribution in [0.4, 0.5) is 0 Å². The van der Waals surface area contributed by atoms with E-state index in [4.69, 9.17) is 9.84 Å². The van der Waals surface area contributed by atoms with Gasteiger partial charge in [0.2, 0.25) is 0 Å². The summed E-state index contributed by atoms with van der Waals surface area (Å²) in [7, 11) is 1.78. The van der Waals surface area contributed by atoms with E-state index in [1.54, 1.807) is 16.6 Å². The van der Waals surface area contributed by atoms with Gasteiger partial charge in [0.25, 0.3) is 5.91 Å². The van der Waals surface area contributed by atoms with Crippen molar-refractivity contribution in [1.82, 2.24) is 14.7 Å². The fourth-order valence-corrected chi connectivity index (χ4v) is 3.08. The van der Waals surface area contributed by atoms with Gasteiger partial charge in [-0.15, -0.1) is 0 Å². The molecular weight excluding hydrogens is 274 g/mol. The second-order valence-corrected chi connectivity index (χ2v) is 5.55. The minimum Gasteiger partial charge on any atom is -0.479 e. The van der Waals surface area contributed by atoms with Crippen molar-refractivity contribution in [2.75, 3.05) is 19.7 Å². The number of carboxylic acid groups (broad SMARTS) is 1. The monoisotopic (exact) mass is 293 g/mol. The molecule has 1 atom stereocenters. The van der Waals surface area contributed by atoms with E-state index in [1.807, 2.05) is 0 Å². The smallest absolute Gasteiger partial charge is 0.334 e. The molecule has 1 N–H and O–H groups in total. The molecule has 21 heavy (non-hydrogen) atoms. The van der Waals surface area contributed by atoms with Crippen LogP contribution in [0, 0.1) is 0 Å². The third-order valence-corrected chi connectivity index (χ3v) is 4.15. The van der Waals surface area contributed by atoms with Gasteiger partial charge in [-0.1, -0.05) is 0 Å². The fourth-order valence-electron chi connectivity index (χ4n) is 3.08. The highest BCUT2D eigenvalue weighted by molar-refractivity contribution is 5.94. The molecule has 0 spiro atoms. The third kappa shape index (κ3) is 2.53. The summed E-state index contributed by atoms with van der Waals surface area (Å²) < 4.78 is 6.81. The molecule has 0 radical (unpaired) electrons. The first kappa shape index (κ1) is 14.1. The SMILES string of the molecule is Cn1nc2c(c1C(=O)N1CCOC(C(=O)O)C1)CCCC2. The van der Waals surface area contributed by atoms with E-state index < -0.39 is 12.1 Å². The van der Waals surface area contributed by atoms with Crippen LogP contribution in [0.5, 0.6) is 0 Å². The zero-order valence-electron chi connectivity index (χ0n) is 12.0. The average Bonchev–Trinajstić information content (AvgIpc) is 2.82. The lowest BCUT2D eigenvalue weighted by Crippen LogP contribution is -2.49. The molecule has 114 valence electrons. The number of ether oxygens (including phenoxy) is 1. The van der Waals surface area contributed by atoms with Crippen LogP contribution in [0.15, 0.2) is 0 Å². The van der Waals surface area contributed by atoms with Crippen LogP contribution in [0.2, 0.25) is 0 Å². The highest BCUT2D eigenvalue weighted by atomic mass is 16.5. The van der Waals surface area contributed by atoms with Crippen molar-refractivity contribution in [2.24, 2.45) is 7.05 Å². The van der Waals surface area contributed by atoms with Gasteiger partial charge in [0, 0.05) is 19.2 Å². The molecule has 2 heterocycles. The number of rotatable bonds is 2. The van der Waals surface area contributed by atoms with E-state index in [9.17, 15) is 9.59 Å². The van der Waals surface area contributed by atoms with Crippen LogP contribution in [-0.2, 0) is 29.4 Å². The van der Waals surface area contributed by atoms with Crippen molar-refractivity contribution in [1.29, 1.82) is 0 Å². The maximum atomic E-state index is 12.7. The lowest BCUT2D eigenvalue weighted by molar-refractivity contribution is -0.154. The number of morpholine rings is 1. The molecule has 3 rings (SSSR count). The van der Waals surface area contributed by atoms with Crippen LogP contribution in [0.1, 0.15) is 34.6 Å². The molecule has 1 unspecified atom stereocenters. The first-order valence-electron chi connectivity index (χ1n) is 7.26. The maximum absolute atomic E-state index is 12.7. The van der Waals surface area contributed by atoms with Crippen molar-refractivity contribution in [3.63, 3.8) is 0 Å². The first-order valence-corrected chi connectivity index (χ1v) is 7.26. The van der Waals surface area contributed by atoms with E-state index in [-0.39, 0.29) is 19.1 Å². The summed E-state index contributed by atoms with van der Waals surface area (Å²) in [5.74, 6) is -1.16. The Balaban J connectivity index is 1.85. The van der Waals surface area contributed by atoms with E-state index >= 15 is 0 Å². The van der Waals surface area contributed by atoms with Gasteiger partial charge in [-0.05, 0) is 25.7 Å². The molecule has 7 heteroatoms. The van der Waals surface area contributed by atoms with Crippen molar-refractivity contribution in [3.05, 3.63) is 17.0 Å². The number of aromatic nitrogens is 2. The van der Waals surface area contributed by atoms with Crippen LogP contribution in [0.25, 0.3) is 0 Å². The Morgan fingerprint density at radius 3 is 2.86 bits per heavy atom. The Hall–Kier alpha value is -1.89. The van der Waals surface area contributed by atoms with Gasteiger partial charge in [-0.25, -0.2) is 4.79 Å². The fraction of sp³-hybridized carbons (Fsp3) is 0.643. The van der Waals surface area contributed by atoms with Gasteiger partial charge in [-0.3, -0.25) is 9.48 Å². The first-order chi connectivity index (χ1) is 10.1. The van der Waals surface area contributed by atoms with Gasteiger partial charge < -0.3 is 14.7 Å². The predicted molar refractivity (Wildman–Crippen MR) is 73.1 cm³/mol. The molecule has 1 aromatic heterocycles. The molecule has 1 aliphatic heterocycles. The van der Waals surface area contributed by atoms with Crippen LogP contribution in [0.3, 0.4) is 0 Å². The summed E-state index contributed by atoms with van der Waals surface area (Å²) in [6.07, 6.45) is 3.02. The van der Waals surface area contributed by atoms with E-state index in [1.165, 1.54) is 0 Å². The normalized spacial score (nSPS) is 22.0. The number of hydrogen-bond acceptors (Lipinski definition) is 4. The van der Waals surface area contributed by atoms with Gasteiger partial charge in [0.1, 0.15) is 5.69 Å². The van der Waals surface area contributed by atoms with E-state index in [2.05, 4.69) is 5.10 Å². The number of amides is 1. The second kappa shape index (κ2) is 5.48. The predicted octanol–water partition coefficient (Wildman–Crippen LogP) is 0.224. The van der Waals surface area contributed by atoms with Crippen LogP contribution in [-0.4, -0.2) is 57.5 Å². The summed E-state index contributed by atoms with van der Waals surface area (Å²) in [6.45, 7) is 0.763. The zero-order valence-corrected chi connectivity index (χ0v) is 12.0. The number of carbonyl (C=O) groups excluding carboxylic acids is 1. The average molecular weight is 293 g/mol. The van der Waals surface area contributed by atoms with E-state index in [0.717, 1.165) is 36.9 Å². The Bertz CT molecular complexity index is 581. The number of aryl methyl sites for hydroxylation is 2. The number of carboxylic acids is 1. The summed E-state index contributed by atoms with van der Waals surface area (Å²) >= 11 is 0. The van der Waals surface area contributed by atoms with Crippen molar-refractivity contribution in [2.45, 2.75) is 31.8 Å². The molecule has 2 aliphatic rings. The molecule has 1 saturated heterocycles. The Morgan fingerprint density at radius 2 is 2.10 bits per heavy atom. The van der Waals surface area contributed by atoms with Crippen LogP contribution >= 0.6 is 0 Å². The second-order valence-electron chi connectivity index (χ2n) is 5.55. The molecule has 0 aromatic carbocycles. The Labute approximate surface area is 122 Å². The number of aliphatic carboxylic acids is 1. The summed E-state index contributed by atoms with van der Waals surface area (Å²) in [5, 5.41) is 13.5. The Morgan fingerprint density at radius 1 is 1.33 bits per heavy atom. The summed E-state index contributed by atoms with van der Waals surface area (Å²) in [5.41, 5.74) is 2.65. The topological polar surface area (TPSA) is 84.7 Å². The summed E-state index contributed by atoms with van der Waals surface area (Å²) in [4.78, 5) is 25.3. The molecular formula is C14H19N3O4. The molecule has 1 amide bonds. The van der Waals surface area contributed by atoms with Gasteiger partial charge in [0.15, 0.2) is 6.10 Å². The summed E-state index contributed by atoms with van der Waals surface area (Å²) in [6, 6.07) is 0. The Kier molecular flexibility index (Phi) is 3.67. The number of carbonyl (C=O) groups is 2. The van der Waals surface area contributed by atoms with Crippen LogP contribution < -0.4 is 0 Å². The van der Waals surface area contributed by atoms with Crippen molar-refractivity contribution >= 4 is 11.9 Å². The molecule has 1 fully saturated rings. The highest BCUT2D eigenvalue weighted by Crippen LogP contribution is 2.25. The number of fused-ring (bicyclic) bond motifs is 1. The minimum absolute atomic E-state index is 0.0914. The molecule has 0 bridgehead atoms. The number of hydrogen-bond donors (Lipinski definition) is 1. The highest BCUT2D eigenvalue weighted by Gasteiger charge is 2.33.